The molecule has 0 radical (unpaired) electrons. The van der Waals surface area contributed by atoms with Crippen LogP contribution in [0.4, 0.5) is 0 Å². The van der Waals surface area contributed by atoms with E-state index in [0.29, 0.717) is 17.5 Å². The SMILES string of the molecule is CC1(C)c2ccccc2-c2c(-c3nc(-c4ccccc4)nc(-c4ccccc4-n4c5ccccc5c5ccc(-n6c7ccccc7c7ccc(-c8ccccc8)cc76)cc54)n3)cccc21. The molecule has 3 heterocycles. The summed E-state index contributed by atoms with van der Waals surface area (Å²) < 4.78 is 4.82. The Hall–Kier alpha value is -8.41. The summed E-state index contributed by atoms with van der Waals surface area (Å²) in [6.45, 7) is 4.62. The maximum atomic E-state index is 5.45. The monoisotopic (exact) mass is 831 g/mol. The molecule has 0 atom stereocenters. The lowest BCUT2D eigenvalue weighted by Crippen LogP contribution is -2.14. The first kappa shape index (κ1) is 37.2. The molecule has 12 aromatic rings. The Morgan fingerprint density at radius 1 is 0.338 bits per heavy atom. The zero-order valence-electron chi connectivity index (χ0n) is 35.9. The van der Waals surface area contributed by atoms with Crippen molar-refractivity contribution in [3.8, 4) is 67.8 Å². The zero-order valence-corrected chi connectivity index (χ0v) is 35.9. The molecule has 5 heteroatoms. The van der Waals surface area contributed by atoms with Crippen LogP contribution in [0, 0.1) is 0 Å². The van der Waals surface area contributed by atoms with Crippen LogP contribution in [0.2, 0.25) is 0 Å². The highest BCUT2D eigenvalue weighted by Gasteiger charge is 2.37. The zero-order chi connectivity index (χ0) is 43.2. The molecule has 1 aliphatic rings. The standard InChI is InChI=1S/C60H41N5/c1-60(2)49-27-13-9-24-46(49)56-48(26-17-28-50(56)60)59-62-57(39-20-7-4-8-21-39)61-58(63-59)47-25-12-16-31-53(47)65-52-30-15-11-23-43(52)45-35-33-41(37-55(45)65)64-51-29-14-10-22-42(51)44-34-32-40(36-54(44)64)38-18-5-3-6-19-38/h3-37H,1-2H3. The molecule has 1 aliphatic carbocycles. The second kappa shape index (κ2) is 14.3. The Morgan fingerprint density at radius 2 is 0.862 bits per heavy atom. The molecule has 0 unspecified atom stereocenters. The van der Waals surface area contributed by atoms with Crippen molar-refractivity contribution in [3.05, 3.63) is 223 Å². The quantitative estimate of drug-likeness (QED) is 0.168. The number of para-hydroxylation sites is 3. The normalized spacial score (nSPS) is 12.9. The van der Waals surface area contributed by atoms with E-state index in [1.165, 1.54) is 66.0 Å². The van der Waals surface area contributed by atoms with Gasteiger partial charge in [-0.2, -0.15) is 0 Å². The third-order valence-corrected chi connectivity index (χ3v) is 13.6. The van der Waals surface area contributed by atoms with Gasteiger partial charge in [0.25, 0.3) is 0 Å². The van der Waals surface area contributed by atoms with Gasteiger partial charge in [0, 0.05) is 49.3 Å². The number of nitrogens with zero attached hydrogens (tertiary/aromatic N) is 5. The molecule has 3 aromatic heterocycles. The van der Waals surface area contributed by atoms with E-state index in [9.17, 15) is 0 Å². The Balaban J connectivity index is 1.05. The predicted molar refractivity (Wildman–Crippen MR) is 268 cm³/mol. The Morgan fingerprint density at radius 3 is 1.62 bits per heavy atom. The van der Waals surface area contributed by atoms with Crippen LogP contribution in [-0.4, -0.2) is 24.1 Å². The van der Waals surface area contributed by atoms with Gasteiger partial charge >= 0.3 is 0 Å². The molecule has 13 rings (SSSR count). The van der Waals surface area contributed by atoms with Crippen LogP contribution in [0.15, 0.2) is 212 Å². The summed E-state index contributed by atoms with van der Waals surface area (Å²) in [6, 6.07) is 76.0. The second-order valence-electron chi connectivity index (χ2n) is 17.6. The highest BCUT2D eigenvalue weighted by Crippen LogP contribution is 2.52. The molecule has 0 N–H and O–H groups in total. The predicted octanol–water partition coefficient (Wildman–Crippen LogP) is 15.0. The molecule has 5 nitrogen and oxygen atoms in total. The van der Waals surface area contributed by atoms with Crippen LogP contribution in [0.5, 0.6) is 0 Å². The molecule has 0 spiro atoms. The van der Waals surface area contributed by atoms with E-state index in [1.54, 1.807) is 0 Å². The van der Waals surface area contributed by atoms with Crippen molar-refractivity contribution >= 4 is 43.6 Å². The summed E-state index contributed by atoms with van der Waals surface area (Å²) in [5.41, 5.74) is 16.7. The summed E-state index contributed by atoms with van der Waals surface area (Å²) in [5, 5.41) is 4.80. The maximum absolute atomic E-state index is 5.45. The van der Waals surface area contributed by atoms with Crippen molar-refractivity contribution in [3.63, 3.8) is 0 Å². The number of aromatic nitrogens is 5. The molecule has 65 heavy (non-hydrogen) atoms. The number of benzene rings is 9. The van der Waals surface area contributed by atoms with Gasteiger partial charge in [-0.3, -0.25) is 0 Å². The van der Waals surface area contributed by atoms with E-state index in [-0.39, 0.29) is 5.41 Å². The summed E-state index contributed by atoms with van der Waals surface area (Å²) in [4.78, 5) is 16.0. The Labute approximate surface area is 376 Å². The average Bonchev–Trinajstić information content (AvgIpc) is 3.96. The number of hydrogen-bond donors (Lipinski definition) is 0. The van der Waals surface area contributed by atoms with E-state index in [2.05, 4.69) is 217 Å². The third kappa shape index (κ3) is 5.68. The molecule has 0 amide bonds. The molecule has 0 saturated heterocycles. The lowest BCUT2D eigenvalue weighted by atomic mass is 9.82. The van der Waals surface area contributed by atoms with Gasteiger partial charge < -0.3 is 9.13 Å². The smallest absolute Gasteiger partial charge is 0.166 e. The Bertz CT molecular complexity index is 3860. The summed E-state index contributed by atoms with van der Waals surface area (Å²) in [7, 11) is 0. The average molecular weight is 832 g/mol. The fourth-order valence-electron chi connectivity index (χ4n) is 10.5. The van der Waals surface area contributed by atoms with Crippen molar-refractivity contribution < 1.29 is 0 Å². The second-order valence-corrected chi connectivity index (χ2v) is 17.6. The maximum Gasteiger partial charge on any atom is 0.166 e. The summed E-state index contributed by atoms with van der Waals surface area (Å²) in [5.74, 6) is 1.90. The lowest BCUT2D eigenvalue weighted by Gasteiger charge is -2.21. The van der Waals surface area contributed by atoms with Crippen LogP contribution in [0.1, 0.15) is 25.0 Å². The first-order valence-electron chi connectivity index (χ1n) is 22.3. The minimum atomic E-state index is -0.161. The number of hydrogen-bond acceptors (Lipinski definition) is 3. The van der Waals surface area contributed by atoms with E-state index >= 15 is 0 Å². The van der Waals surface area contributed by atoms with Crippen molar-refractivity contribution in [1.82, 2.24) is 24.1 Å². The summed E-state index contributed by atoms with van der Waals surface area (Å²) in [6.07, 6.45) is 0. The molecular weight excluding hydrogens is 791 g/mol. The fourth-order valence-corrected chi connectivity index (χ4v) is 10.5. The first-order chi connectivity index (χ1) is 32.0. The lowest BCUT2D eigenvalue weighted by molar-refractivity contribution is 0.660. The highest BCUT2D eigenvalue weighted by molar-refractivity contribution is 6.13. The van der Waals surface area contributed by atoms with Gasteiger partial charge in [-0.05, 0) is 75.8 Å². The van der Waals surface area contributed by atoms with Crippen molar-refractivity contribution in [2.24, 2.45) is 0 Å². The third-order valence-electron chi connectivity index (χ3n) is 13.6. The fraction of sp³-hybridized carbons (Fsp3) is 0.0500. The highest BCUT2D eigenvalue weighted by atomic mass is 15.1. The topological polar surface area (TPSA) is 48.5 Å². The van der Waals surface area contributed by atoms with E-state index < -0.39 is 0 Å². The van der Waals surface area contributed by atoms with Crippen LogP contribution in [0.25, 0.3) is 111 Å². The van der Waals surface area contributed by atoms with Crippen molar-refractivity contribution in [2.45, 2.75) is 19.3 Å². The number of rotatable bonds is 6. The Kier molecular flexibility index (Phi) is 8.18. The molecule has 0 aliphatic heterocycles. The minimum Gasteiger partial charge on any atom is -0.309 e. The minimum absolute atomic E-state index is 0.161. The van der Waals surface area contributed by atoms with E-state index in [1.807, 2.05) is 18.2 Å². The molecule has 0 saturated carbocycles. The van der Waals surface area contributed by atoms with Gasteiger partial charge in [0.15, 0.2) is 17.5 Å². The summed E-state index contributed by atoms with van der Waals surface area (Å²) >= 11 is 0. The van der Waals surface area contributed by atoms with E-state index in [0.717, 1.165) is 39.1 Å². The molecule has 9 aromatic carbocycles. The van der Waals surface area contributed by atoms with Gasteiger partial charge in [-0.1, -0.05) is 184 Å². The molecule has 0 fully saturated rings. The van der Waals surface area contributed by atoms with Crippen LogP contribution in [0.3, 0.4) is 0 Å². The van der Waals surface area contributed by atoms with Crippen LogP contribution in [-0.2, 0) is 5.41 Å². The van der Waals surface area contributed by atoms with Gasteiger partial charge in [0.1, 0.15) is 0 Å². The van der Waals surface area contributed by atoms with Crippen LogP contribution >= 0.6 is 0 Å². The van der Waals surface area contributed by atoms with Gasteiger partial charge in [-0.15, -0.1) is 0 Å². The van der Waals surface area contributed by atoms with Crippen LogP contribution < -0.4 is 0 Å². The first-order valence-corrected chi connectivity index (χ1v) is 22.3. The molecular formula is C60H41N5. The van der Waals surface area contributed by atoms with E-state index in [4.69, 9.17) is 15.0 Å². The molecule has 306 valence electrons. The van der Waals surface area contributed by atoms with Gasteiger partial charge in [0.2, 0.25) is 0 Å². The van der Waals surface area contributed by atoms with Gasteiger partial charge in [0.05, 0.1) is 27.8 Å². The van der Waals surface area contributed by atoms with Crippen molar-refractivity contribution in [1.29, 1.82) is 0 Å². The largest absolute Gasteiger partial charge is 0.309 e. The molecule has 0 bridgehead atoms. The van der Waals surface area contributed by atoms with Gasteiger partial charge in [-0.25, -0.2) is 15.0 Å². The number of fused-ring (bicyclic) bond motifs is 9. The van der Waals surface area contributed by atoms with Crippen molar-refractivity contribution in [2.75, 3.05) is 0 Å².